The zero-order valence-electron chi connectivity index (χ0n) is 19.2. The first kappa shape index (κ1) is 21.5. The number of nitrogens with zero attached hydrogens (tertiary/aromatic N) is 3. The summed E-state index contributed by atoms with van der Waals surface area (Å²) in [4.78, 5) is 1.45. The summed E-state index contributed by atoms with van der Waals surface area (Å²) in [5.41, 5.74) is 5.62. The first-order chi connectivity index (χ1) is 16.3. The SMILES string of the molecule is Cc1cc(C(C)(c2ccc(O)c(C)c2)c2ccc(O)c(-n3nc4ccccc4n3)c2)ccc1O. The van der Waals surface area contributed by atoms with Crippen LogP contribution in [0.3, 0.4) is 0 Å². The molecule has 3 N–H and O–H groups in total. The van der Waals surface area contributed by atoms with Gasteiger partial charge in [-0.15, -0.1) is 15.0 Å². The molecule has 0 aliphatic rings. The van der Waals surface area contributed by atoms with Crippen molar-refractivity contribution >= 4 is 11.0 Å². The number of rotatable bonds is 4. The molecule has 0 unspecified atom stereocenters. The summed E-state index contributed by atoms with van der Waals surface area (Å²) < 4.78 is 0. The van der Waals surface area contributed by atoms with Gasteiger partial charge in [-0.25, -0.2) is 0 Å². The third-order valence-corrected chi connectivity index (χ3v) is 6.60. The summed E-state index contributed by atoms with van der Waals surface area (Å²) in [6, 6.07) is 24.1. The Morgan fingerprint density at radius 3 is 1.53 bits per heavy atom. The molecule has 0 aliphatic carbocycles. The van der Waals surface area contributed by atoms with Crippen molar-refractivity contribution in [3.8, 4) is 22.9 Å². The van der Waals surface area contributed by atoms with Gasteiger partial charge in [0.1, 0.15) is 34.0 Å². The van der Waals surface area contributed by atoms with Gasteiger partial charge in [0, 0.05) is 5.41 Å². The Balaban J connectivity index is 1.75. The maximum Gasteiger partial charge on any atom is 0.143 e. The van der Waals surface area contributed by atoms with Crippen LogP contribution in [0.25, 0.3) is 16.7 Å². The number of benzene rings is 4. The van der Waals surface area contributed by atoms with Gasteiger partial charge in [0.2, 0.25) is 0 Å². The smallest absolute Gasteiger partial charge is 0.143 e. The van der Waals surface area contributed by atoms with Gasteiger partial charge in [0.15, 0.2) is 0 Å². The van der Waals surface area contributed by atoms with Crippen LogP contribution in [-0.4, -0.2) is 30.3 Å². The lowest BCUT2D eigenvalue weighted by molar-refractivity contribution is 0.467. The Bertz CT molecular complexity index is 1450. The minimum atomic E-state index is -0.661. The molecule has 0 aliphatic heterocycles. The van der Waals surface area contributed by atoms with E-state index in [-0.39, 0.29) is 17.2 Å². The predicted molar refractivity (Wildman–Crippen MR) is 132 cm³/mol. The first-order valence-corrected chi connectivity index (χ1v) is 11.0. The molecule has 5 aromatic rings. The second-order valence-electron chi connectivity index (χ2n) is 8.81. The predicted octanol–water partition coefficient (Wildman–Crippen LogP) is 5.51. The van der Waals surface area contributed by atoms with Crippen LogP contribution < -0.4 is 0 Å². The van der Waals surface area contributed by atoms with E-state index in [9.17, 15) is 15.3 Å². The van der Waals surface area contributed by atoms with E-state index in [1.807, 2.05) is 74.5 Å². The third-order valence-electron chi connectivity index (χ3n) is 6.60. The Morgan fingerprint density at radius 2 is 1.06 bits per heavy atom. The molecular weight excluding hydrogens is 426 g/mol. The number of hydrogen-bond donors (Lipinski definition) is 3. The number of aromatic nitrogens is 3. The summed E-state index contributed by atoms with van der Waals surface area (Å²) in [5.74, 6) is 0.522. The average Bonchev–Trinajstić information content (AvgIpc) is 3.26. The Morgan fingerprint density at radius 1 is 0.618 bits per heavy atom. The fourth-order valence-corrected chi connectivity index (χ4v) is 4.40. The molecule has 1 aromatic heterocycles. The number of phenols is 3. The van der Waals surface area contributed by atoms with Gasteiger partial charge in [0.25, 0.3) is 0 Å². The molecule has 6 nitrogen and oxygen atoms in total. The quantitative estimate of drug-likeness (QED) is 0.314. The van der Waals surface area contributed by atoms with Crippen LogP contribution in [-0.2, 0) is 5.41 Å². The molecule has 6 heteroatoms. The van der Waals surface area contributed by atoms with E-state index in [0.29, 0.717) is 5.69 Å². The molecule has 0 bridgehead atoms. The largest absolute Gasteiger partial charge is 0.508 e. The third kappa shape index (κ3) is 3.44. The maximum absolute atomic E-state index is 10.7. The zero-order chi connectivity index (χ0) is 24.0. The number of aryl methyl sites for hydroxylation is 2. The van der Waals surface area contributed by atoms with Gasteiger partial charge in [-0.1, -0.05) is 42.5 Å². The molecule has 0 saturated carbocycles. The molecule has 0 saturated heterocycles. The summed E-state index contributed by atoms with van der Waals surface area (Å²) >= 11 is 0. The van der Waals surface area contributed by atoms with Crippen LogP contribution in [0.5, 0.6) is 17.2 Å². The normalized spacial score (nSPS) is 11.7. The Kier molecular flexibility index (Phi) is 5.01. The molecule has 0 radical (unpaired) electrons. The fourth-order valence-electron chi connectivity index (χ4n) is 4.40. The van der Waals surface area contributed by atoms with Crippen molar-refractivity contribution in [2.45, 2.75) is 26.2 Å². The topological polar surface area (TPSA) is 91.4 Å². The lowest BCUT2D eigenvalue weighted by atomic mass is 9.70. The van der Waals surface area contributed by atoms with Crippen molar-refractivity contribution in [2.75, 3.05) is 0 Å². The van der Waals surface area contributed by atoms with Crippen LogP contribution >= 0.6 is 0 Å². The number of phenolic OH excluding ortho intramolecular Hbond substituents is 3. The molecule has 1 heterocycles. The zero-order valence-corrected chi connectivity index (χ0v) is 19.2. The van der Waals surface area contributed by atoms with E-state index in [2.05, 4.69) is 17.1 Å². The second-order valence-corrected chi connectivity index (χ2v) is 8.81. The summed E-state index contributed by atoms with van der Waals surface area (Å²) in [6.07, 6.45) is 0. The second kappa shape index (κ2) is 7.92. The molecular formula is C28H25N3O3. The Hall–Kier alpha value is -4.32. The van der Waals surface area contributed by atoms with Gasteiger partial charge < -0.3 is 15.3 Å². The molecule has 5 rings (SSSR count). The summed E-state index contributed by atoms with van der Waals surface area (Å²) in [6.45, 7) is 5.82. The van der Waals surface area contributed by atoms with E-state index in [1.165, 1.54) is 4.80 Å². The molecule has 170 valence electrons. The van der Waals surface area contributed by atoms with E-state index >= 15 is 0 Å². The van der Waals surface area contributed by atoms with Gasteiger partial charge in [-0.05, 0) is 85.0 Å². The monoisotopic (exact) mass is 451 g/mol. The lowest BCUT2D eigenvalue weighted by Gasteiger charge is -2.33. The standard InChI is InChI=1S/C28H25N3O3/c1-17-14-19(8-11-25(17)32)28(3,20-9-12-26(33)18(2)15-20)21-10-13-27(34)24(16-21)31-29-22-6-4-5-7-23(22)30-31/h4-16,32-34H,1-3H3. The lowest BCUT2D eigenvalue weighted by Crippen LogP contribution is -2.26. The van der Waals surface area contributed by atoms with E-state index < -0.39 is 5.41 Å². The Labute approximate surface area is 197 Å². The fraction of sp³-hybridized carbons (Fsp3) is 0.143. The van der Waals surface area contributed by atoms with Crippen LogP contribution in [0.2, 0.25) is 0 Å². The van der Waals surface area contributed by atoms with Crippen LogP contribution in [0.1, 0.15) is 34.7 Å². The molecule has 0 amide bonds. The molecule has 0 atom stereocenters. The number of hydrogen-bond acceptors (Lipinski definition) is 5. The van der Waals surface area contributed by atoms with Crippen molar-refractivity contribution in [3.05, 3.63) is 107 Å². The summed E-state index contributed by atoms with van der Waals surface area (Å²) in [7, 11) is 0. The highest BCUT2D eigenvalue weighted by molar-refractivity contribution is 5.73. The average molecular weight is 452 g/mol. The first-order valence-electron chi connectivity index (χ1n) is 11.0. The van der Waals surface area contributed by atoms with Crippen molar-refractivity contribution in [1.82, 2.24) is 15.0 Å². The highest BCUT2D eigenvalue weighted by Gasteiger charge is 2.33. The van der Waals surface area contributed by atoms with E-state index in [4.69, 9.17) is 0 Å². The minimum absolute atomic E-state index is 0.0650. The number of fused-ring (bicyclic) bond motifs is 1. The van der Waals surface area contributed by atoms with E-state index in [0.717, 1.165) is 38.9 Å². The highest BCUT2D eigenvalue weighted by atomic mass is 16.3. The highest BCUT2D eigenvalue weighted by Crippen LogP contribution is 2.42. The van der Waals surface area contributed by atoms with E-state index in [1.54, 1.807) is 18.2 Å². The van der Waals surface area contributed by atoms with Crippen molar-refractivity contribution in [3.63, 3.8) is 0 Å². The van der Waals surface area contributed by atoms with Crippen molar-refractivity contribution in [2.24, 2.45) is 0 Å². The van der Waals surface area contributed by atoms with Crippen LogP contribution in [0.15, 0.2) is 78.9 Å². The van der Waals surface area contributed by atoms with Crippen LogP contribution in [0, 0.1) is 13.8 Å². The van der Waals surface area contributed by atoms with Gasteiger partial charge in [0.05, 0.1) is 0 Å². The van der Waals surface area contributed by atoms with Gasteiger partial charge >= 0.3 is 0 Å². The molecule has 0 fully saturated rings. The summed E-state index contributed by atoms with van der Waals surface area (Å²) in [5, 5.41) is 40.1. The molecule has 0 spiro atoms. The minimum Gasteiger partial charge on any atom is -0.508 e. The molecule has 34 heavy (non-hydrogen) atoms. The van der Waals surface area contributed by atoms with Crippen molar-refractivity contribution < 1.29 is 15.3 Å². The van der Waals surface area contributed by atoms with Gasteiger partial charge in [-0.2, -0.15) is 0 Å². The molecule has 4 aromatic carbocycles. The van der Waals surface area contributed by atoms with Crippen LogP contribution in [0.4, 0.5) is 0 Å². The maximum atomic E-state index is 10.7. The number of aromatic hydroxyl groups is 3. The van der Waals surface area contributed by atoms with Gasteiger partial charge in [-0.3, -0.25) is 0 Å². The van der Waals surface area contributed by atoms with Crippen molar-refractivity contribution in [1.29, 1.82) is 0 Å².